The molecule has 1 heterocycles. The Morgan fingerprint density at radius 3 is 2.71 bits per heavy atom. The van der Waals surface area contributed by atoms with Gasteiger partial charge in [0, 0.05) is 11.6 Å². The zero-order valence-corrected chi connectivity index (χ0v) is 8.70. The first-order valence-electron chi connectivity index (χ1n) is 5.10. The van der Waals surface area contributed by atoms with Crippen molar-refractivity contribution in [2.45, 2.75) is 20.3 Å². The average molecular weight is 185 g/mol. The van der Waals surface area contributed by atoms with Gasteiger partial charge in [-0.2, -0.15) is 0 Å². The molecule has 0 fully saturated rings. The van der Waals surface area contributed by atoms with E-state index >= 15 is 0 Å². The molecule has 1 aromatic carbocycles. The standard InChI is InChI=1S/C13H15N/c1-10(2)9-11-7-8-14-13-6-4-3-5-12(11)13/h3-8,10H,9H2,1-2H3. The number of para-hydroxylation sites is 1. The van der Waals surface area contributed by atoms with Crippen molar-refractivity contribution in [3.8, 4) is 0 Å². The van der Waals surface area contributed by atoms with E-state index in [1.165, 1.54) is 10.9 Å². The molecule has 0 saturated carbocycles. The van der Waals surface area contributed by atoms with Crippen LogP contribution in [0.25, 0.3) is 10.9 Å². The first kappa shape index (κ1) is 9.20. The summed E-state index contributed by atoms with van der Waals surface area (Å²) < 4.78 is 0. The molecule has 0 spiro atoms. The summed E-state index contributed by atoms with van der Waals surface area (Å²) >= 11 is 0. The highest BCUT2D eigenvalue weighted by molar-refractivity contribution is 5.81. The summed E-state index contributed by atoms with van der Waals surface area (Å²) in [7, 11) is 0. The number of rotatable bonds is 2. The molecule has 0 N–H and O–H groups in total. The lowest BCUT2D eigenvalue weighted by atomic mass is 10.00. The van der Waals surface area contributed by atoms with E-state index in [0.29, 0.717) is 5.92 Å². The molecule has 1 nitrogen and oxygen atoms in total. The number of hydrogen-bond donors (Lipinski definition) is 0. The van der Waals surface area contributed by atoms with Crippen LogP contribution in [-0.4, -0.2) is 4.98 Å². The fourth-order valence-electron chi connectivity index (χ4n) is 1.77. The Morgan fingerprint density at radius 2 is 1.93 bits per heavy atom. The number of hydrogen-bond acceptors (Lipinski definition) is 1. The molecule has 0 unspecified atom stereocenters. The molecule has 2 aromatic rings. The van der Waals surface area contributed by atoms with Crippen LogP contribution in [0.15, 0.2) is 36.5 Å². The lowest BCUT2D eigenvalue weighted by molar-refractivity contribution is 0.650. The lowest BCUT2D eigenvalue weighted by Gasteiger charge is -2.07. The molecule has 0 aliphatic carbocycles. The number of benzene rings is 1. The van der Waals surface area contributed by atoms with Crippen LogP contribution in [0, 0.1) is 5.92 Å². The van der Waals surface area contributed by atoms with Gasteiger partial charge in [0.1, 0.15) is 0 Å². The number of fused-ring (bicyclic) bond motifs is 1. The quantitative estimate of drug-likeness (QED) is 0.698. The Hall–Kier alpha value is -1.37. The van der Waals surface area contributed by atoms with Crippen molar-refractivity contribution in [2.24, 2.45) is 5.92 Å². The zero-order chi connectivity index (χ0) is 9.97. The minimum Gasteiger partial charge on any atom is -0.256 e. The topological polar surface area (TPSA) is 12.9 Å². The summed E-state index contributed by atoms with van der Waals surface area (Å²) in [4.78, 5) is 4.35. The van der Waals surface area contributed by atoms with E-state index in [-0.39, 0.29) is 0 Å². The monoisotopic (exact) mass is 185 g/mol. The van der Waals surface area contributed by atoms with E-state index in [1.807, 2.05) is 12.3 Å². The highest BCUT2D eigenvalue weighted by Gasteiger charge is 2.02. The molecule has 14 heavy (non-hydrogen) atoms. The SMILES string of the molecule is CC(C)Cc1ccnc2ccccc12. The van der Waals surface area contributed by atoms with Crippen LogP contribution in [0.3, 0.4) is 0 Å². The normalized spacial score (nSPS) is 11.1. The van der Waals surface area contributed by atoms with Crippen LogP contribution in [0.5, 0.6) is 0 Å². The van der Waals surface area contributed by atoms with Crippen LogP contribution in [0.2, 0.25) is 0 Å². The fraction of sp³-hybridized carbons (Fsp3) is 0.308. The Labute approximate surface area is 84.8 Å². The maximum atomic E-state index is 4.35. The smallest absolute Gasteiger partial charge is 0.0704 e. The molecule has 2 rings (SSSR count). The lowest BCUT2D eigenvalue weighted by Crippen LogP contribution is -1.95. The van der Waals surface area contributed by atoms with Gasteiger partial charge in [0.05, 0.1) is 5.52 Å². The van der Waals surface area contributed by atoms with E-state index < -0.39 is 0 Å². The van der Waals surface area contributed by atoms with Gasteiger partial charge in [0.15, 0.2) is 0 Å². The van der Waals surface area contributed by atoms with E-state index in [1.54, 1.807) is 0 Å². The van der Waals surface area contributed by atoms with Gasteiger partial charge in [-0.25, -0.2) is 0 Å². The number of pyridine rings is 1. The molecule has 0 atom stereocenters. The van der Waals surface area contributed by atoms with Gasteiger partial charge >= 0.3 is 0 Å². The van der Waals surface area contributed by atoms with E-state index in [0.717, 1.165) is 11.9 Å². The van der Waals surface area contributed by atoms with Crippen molar-refractivity contribution in [3.05, 3.63) is 42.1 Å². The van der Waals surface area contributed by atoms with Gasteiger partial charge < -0.3 is 0 Å². The van der Waals surface area contributed by atoms with Crippen LogP contribution in [-0.2, 0) is 6.42 Å². The van der Waals surface area contributed by atoms with Gasteiger partial charge in [-0.1, -0.05) is 32.0 Å². The maximum Gasteiger partial charge on any atom is 0.0704 e. The number of nitrogens with zero attached hydrogens (tertiary/aromatic N) is 1. The van der Waals surface area contributed by atoms with Crippen molar-refractivity contribution in [2.75, 3.05) is 0 Å². The Balaban J connectivity index is 2.53. The molecule has 0 aliphatic rings. The van der Waals surface area contributed by atoms with Crippen molar-refractivity contribution >= 4 is 10.9 Å². The van der Waals surface area contributed by atoms with Gasteiger partial charge in [-0.15, -0.1) is 0 Å². The van der Waals surface area contributed by atoms with Gasteiger partial charge in [-0.05, 0) is 30.0 Å². The predicted octanol–water partition coefficient (Wildman–Crippen LogP) is 3.43. The molecule has 0 aliphatic heterocycles. The molecular weight excluding hydrogens is 170 g/mol. The highest BCUT2D eigenvalue weighted by atomic mass is 14.6. The van der Waals surface area contributed by atoms with E-state index in [9.17, 15) is 0 Å². The highest BCUT2D eigenvalue weighted by Crippen LogP contribution is 2.18. The average Bonchev–Trinajstić information content (AvgIpc) is 2.18. The third-order valence-corrected chi connectivity index (χ3v) is 2.37. The van der Waals surface area contributed by atoms with Crippen molar-refractivity contribution < 1.29 is 0 Å². The van der Waals surface area contributed by atoms with E-state index in [4.69, 9.17) is 0 Å². The van der Waals surface area contributed by atoms with Crippen LogP contribution in [0.1, 0.15) is 19.4 Å². The molecule has 1 heteroatoms. The summed E-state index contributed by atoms with van der Waals surface area (Å²) in [5.41, 5.74) is 2.51. The minimum atomic E-state index is 0.695. The van der Waals surface area contributed by atoms with Crippen LogP contribution < -0.4 is 0 Å². The summed E-state index contributed by atoms with van der Waals surface area (Å²) in [5.74, 6) is 0.695. The summed E-state index contributed by atoms with van der Waals surface area (Å²) in [6, 6.07) is 10.5. The number of aromatic nitrogens is 1. The summed E-state index contributed by atoms with van der Waals surface area (Å²) in [5, 5.41) is 1.30. The zero-order valence-electron chi connectivity index (χ0n) is 8.70. The first-order chi connectivity index (χ1) is 6.77. The minimum absolute atomic E-state index is 0.695. The molecule has 72 valence electrons. The van der Waals surface area contributed by atoms with Gasteiger partial charge in [0.25, 0.3) is 0 Å². The van der Waals surface area contributed by atoms with Crippen molar-refractivity contribution in [1.29, 1.82) is 0 Å². The van der Waals surface area contributed by atoms with Crippen LogP contribution in [0.4, 0.5) is 0 Å². The second kappa shape index (κ2) is 3.79. The molecule has 1 aromatic heterocycles. The summed E-state index contributed by atoms with van der Waals surface area (Å²) in [6.45, 7) is 4.49. The molecule has 0 saturated heterocycles. The first-order valence-corrected chi connectivity index (χ1v) is 5.10. The fourth-order valence-corrected chi connectivity index (χ4v) is 1.77. The van der Waals surface area contributed by atoms with Gasteiger partial charge in [-0.3, -0.25) is 4.98 Å². The Bertz CT molecular complexity index is 427. The second-order valence-corrected chi connectivity index (χ2v) is 4.09. The largest absolute Gasteiger partial charge is 0.256 e. The second-order valence-electron chi connectivity index (χ2n) is 4.09. The molecule has 0 bridgehead atoms. The molecule has 0 amide bonds. The summed E-state index contributed by atoms with van der Waals surface area (Å²) in [6.07, 6.45) is 3.03. The van der Waals surface area contributed by atoms with Gasteiger partial charge in [0.2, 0.25) is 0 Å². The maximum absolute atomic E-state index is 4.35. The predicted molar refractivity (Wildman–Crippen MR) is 60.3 cm³/mol. The van der Waals surface area contributed by atoms with E-state index in [2.05, 4.69) is 43.1 Å². The Morgan fingerprint density at radius 1 is 1.14 bits per heavy atom. The third-order valence-electron chi connectivity index (χ3n) is 2.37. The van der Waals surface area contributed by atoms with Crippen molar-refractivity contribution in [3.63, 3.8) is 0 Å². The molecule has 0 radical (unpaired) electrons. The van der Waals surface area contributed by atoms with Crippen molar-refractivity contribution in [1.82, 2.24) is 4.98 Å². The van der Waals surface area contributed by atoms with Crippen LogP contribution >= 0.6 is 0 Å². The Kier molecular flexibility index (Phi) is 2.49. The third kappa shape index (κ3) is 1.77. The molecular formula is C13H15N.